The number of nitrogens with zero attached hydrogens (tertiary/aromatic N) is 1. The van der Waals surface area contributed by atoms with E-state index in [4.69, 9.17) is 15.2 Å². The SMILES string of the molecule is CN(C)CCCNC(=O)C(CCCCNC(=O)OCc1ccccc1)NC(=O)C(N)CCCCNC(=O)OCc1ccccc1. The van der Waals surface area contributed by atoms with E-state index in [1.807, 2.05) is 79.7 Å². The van der Waals surface area contributed by atoms with Crippen LogP contribution in [0.2, 0.25) is 0 Å². The minimum absolute atomic E-state index is 0.187. The predicted molar refractivity (Wildman–Crippen MR) is 173 cm³/mol. The molecule has 2 atom stereocenters. The first-order valence-electron chi connectivity index (χ1n) is 15.6. The summed E-state index contributed by atoms with van der Waals surface area (Å²) in [4.78, 5) is 51.7. The Morgan fingerprint density at radius 1 is 0.667 bits per heavy atom. The summed E-state index contributed by atoms with van der Waals surface area (Å²) in [7, 11) is 3.93. The molecule has 2 aromatic carbocycles. The highest BCUT2D eigenvalue weighted by Gasteiger charge is 2.23. The third-order valence-corrected chi connectivity index (χ3v) is 6.88. The molecule has 248 valence electrons. The van der Waals surface area contributed by atoms with Gasteiger partial charge in [0.1, 0.15) is 19.3 Å². The van der Waals surface area contributed by atoms with Crippen molar-refractivity contribution >= 4 is 24.0 Å². The number of nitrogens with one attached hydrogen (secondary N) is 4. The fraction of sp³-hybridized carbons (Fsp3) is 0.515. The molecule has 0 bridgehead atoms. The Balaban J connectivity index is 1.69. The third kappa shape index (κ3) is 17.7. The van der Waals surface area contributed by atoms with Crippen molar-refractivity contribution in [3.63, 3.8) is 0 Å². The molecule has 4 amide bonds. The lowest BCUT2D eigenvalue weighted by molar-refractivity contribution is -0.129. The van der Waals surface area contributed by atoms with Crippen LogP contribution in [0, 0.1) is 0 Å². The van der Waals surface area contributed by atoms with Gasteiger partial charge >= 0.3 is 12.2 Å². The normalized spacial score (nSPS) is 12.1. The standard InChI is InChI=1S/C33H50N6O6/c1-39(2)23-13-22-35-31(41)29(19-10-12-21-37-33(43)45-25-27-16-7-4-8-17-27)38-30(40)28(34)18-9-11-20-36-32(42)44-24-26-14-5-3-6-15-26/h3-8,14-17,28-29H,9-13,18-25,34H2,1-2H3,(H,35,41)(H,36,42)(H,37,43)(H,38,40). The van der Waals surface area contributed by atoms with Gasteiger partial charge in [-0.25, -0.2) is 9.59 Å². The molecule has 0 heterocycles. The van der Waals surface area contributed by atoms with Gasteiger partial charge in [-0.3, -0.25) is 9.59 Å². The lowest BCUT2D eigenvalue weighted by Gasteiger charge is -2.21. The third-order valence-electron chi connectivity index (χ3n) is 6.88. The molecular formula is C33H50N6O6. The Bertz CT molecular complexity index is 1140. The van der Waals surface area contributed by atoms with Crippen molar-refractivity contribution in [1.29, 1.82) is 0 Å². The van der Waals surface area contributed by atoms with E-state index in [1.165, 1.54) is 0 Å². The van der Waals surface area contributed by atoms with Crippen molar-refractivity contribution in [3.8, 4) is 0 Å². The molecular weight excluding hydrogens is 576 g/mol. The van der Waals surface area contributed by atoms with Crippen LogP contribution in [0.4, 0.5) is 9.59 Å². The second kappa shape index (κ2) is 22.4. The Morgan fingerprint density at radius 3 is 1.67 bits per heavy atom. The van der Waals surface area contributed by atoms with E-state index in [9.17, 15) is 19.2 Å². The zero-order valence-corrected chi connectivity index (χ0v) is 26.6. The highest BCUT2D eigenvalue weighted by Crippen LogP contribution is 2.06. The number of ether oxygens (including phenoxy) is 2. The van der Waals surface area contributed by atoms with Crippen molar-refractivity contribution in [2.45, 2.75) is 70.2 Å². The molecule has 0 saturated carbocycles. The quantitative estimate of drug-likeness (QED) is 0.132. The zero-order chi connectivity index (χ0) is 32.7. The highest BCUT2D eigenvalue weighted by molar-refractivity contribution is 5.89. The van der Waals surface area contributed by atoms with Gasteiger partial charge in [-0.15, -0.1) is 0 Å². The lowest BCUT2D eigenvalue weighted by Crippen LogP contribution is -2.51. The van der Waals surface area contributed by atoms with E-state index in [-0.39, 0.29) is 19.1 Å². The smallest absolute Gasteiger partial charge is 0.407 e. The van der Waals surface area contributed by atoms with Gasteiger partial charge in [-0.2, -0.15) is 0 Å². The number of carbonyl (C=O) groups is 4. The monoisotopic (exact) mass is 626 g/mol. The molecule has 0 aliphatic heterocycles. The number of rotatable bonds is 21. The topological polar surface area (TPSA) is 164 Å². The Kier molecular flexibility index (Phi) is 18.4. The van der Waals surface area contributed by atoms with Crippen LogP contribution in [0.5, 0.6) is 0 Å². The van der Waals surface area contributed by atoms with E-state index < -0.39 is 30.2 Å². The molecule has 0 saturated heterocycles. The van der Waals surface area contributed by atoms with Crippen molar-refractivity contribution in [2.24, 2.45) is 5.73 Å². The Hall–Kier alpha value is -4.16. The number of hydrogen-bond donors (Lipinski definition) is 5. The molecule has 0 aliphatic carbocycles. The lowest BCUT2D eigenvalue weighted by atomic mass is 10.1. The molecule has 0 spiro atoms. The molecule has 12 nitrogen and oxygen atoms in total. The number of unbranched alkanes of at least 4 members (excludes halogenated alkanes) is 2. The van der Waals surface area contributed by atoms with E-state index in [0.29, 0.717) is 58.2 Å². The first-order chi connectivity index (χ1) is 21.7. The Labute approximate surface area is 266 Å². The average molecular weight is 627 g/mol. The maximum atomic E-state index is 12.9. The second-order valence-electron chi connectivity index (χ2n) is 11.1. The maximum Gasteiger partial charge on any atom is 0.407 e. The van der Waals surface area contributed by atoms with Gasteiger partial charge in [0.25, 0.3) is 0 Å². The predicted octanol–water partition coefficient (Wildman–Crippen LogP) is 3.06. The summed E-state index contributed by atoms with van der Waals surface area (Å²) in [5.74, 6) is -0.663. The van der Waals surface area contributed by atoms with Crippen LogP contribution in [-0.4, -0.2) is 81.3 Å². The van der Waals surface area contributed by atoms with E-state index >= 15 is 0 Å². The minimum Gasteiger partial charge on any atom is -0.445 e. The second-order valence-corrected chi connectivity index (χ2v) is 11.1. The number of alkyl carbamates (subject to hydrolysis) is 2. The van der Waals surface area contributed by atoms with Gasteiger partial charge in [-0.1, -0.05) is 60.7 Å². The molecule has 45 heavy (non-hydrogen) atoms. The average Bonchev–Trinajstić information content (AvgIpc) is 3.04. The highest BCUT2D eigenvalue weighted by atomic mass is 16.6. The van der Waals surface area contributed by atoms with Crippen LogP contribution in [0.15, 0.2) is 60.7 Å². The van der Waals surface area contributed by atoms with Gasteiger partial charge in [0.15, 0.2) is 0 Å². The number of amides is 4. The van der Waals surface area contributed by atoms with Gasteiger partial charge in [0, 0.05) is 19.6 Å². The number of carbonyl (C=O) groups excluding carboxylic acids is 4. The number of nitrogens with two attached hydrogens (primary N) is 1. The summed E-state index contributed by atoms with van der Waals surface area (Å²) in [6.07, 6.45) is 3.00. The minimum atomic E-state index is -0.792. The Morgan fingerprint density at radius 2 is 1.16 bits per heavy atom. The number of hydrogen-bond acceptors (Lipinski definition) is 8. The summed E-state index contributed by atoms with van der Waals surface area (Å²) in [5.41, 5.74) is 7.94. The fourth-order valence-electron chi connectivity index (χ4n) is 4.30. The molecule has 6 N–H and O–H groups in total. The first kappa shape index (κ1) is 37.0. The molecule has 12 heteroatoms. The van der Waals surface area contributed by atoms with Crippen LogP contribution in [-0.2, 0) is 32.3 Å². The largest absolute Gasteiger partial charge is 0.445 e. The van der Waals surface area contributed by atoms with Crippen molar-refractivity contribution < 1.29 is 28.7 Å². The van der Waals surface area contributed by atoms with Crippen LogP contribution < -0.4 is 27.0 Å². The van der Waals surface area contributed by atoms with Crippen molar-refractivity contribution in [2.75, 3.05) is 40.3 Å². The van der Waals surface area contributed by atoms with Crippen LogP contribution in [0.1, 0.15) is 56.1 Å². The van der Waals surface area contributed by atoms with Gasteiger partial charge in [0.2, 0.25) is 11.8 Å². The van der Waals surface area contributed by atoms with Crippen molar-refractivity contribution in [1.82, 2.24) is 26.2 Å². The summed E-state index contributed by atoms with van der Waals surface area (Å²) in [6.45, 7) is 2.48. The molecule has 0 aromatic heterocycles. The molecule has 2 rings (SSSR count). The summed E-state index contributed by atoms with van der Waals surface area (Å²) in [5, 5.41) is 11.1. The van der Waals surface area contributed by atoms with Gasteiger partial charge in [-0.05, 0) is 76.7 Å². The van der Waals surface area contributed by atoms with Crippen LogP contribution in [0.3, 0.4) is 0 Å². The summed E-state index contributed by atoms with van der Waals surface area (Å²) >= 11 is 0. The number of benzene rings is 2. The van der Waals surface area contributed by atoms with Crippen molar-refractivity contribution in [3.05, 3.63) is 71.8 Å². The van der Waals surface area contributed by atoms with Crippen LogP contribution in [0.25, 0.3) is 0 Å². The van der Waals surface area contributed by atoms with E-state index in [0.717, 1.165) is 24.1 Å². The molecule has 0 aliphatic rings. The van der Waals surface area contributed by atoms with Gasteiger partial charge in [0.05, 0.1) is 6.04 Å². The first-order valence-corrected chi connectivity index (χ1v) is 15.6. The fourth-order valence-corrected chi connectivity index (χ4v) is 4.30. The molecule has 2 aromatic rings. The molecule has 0 fully saturated rings. The summed E-state index contributed by atoms with van der Waals surface area (Å²) in [6, 6.07) is 17.3. The maximum absolute atomic E-state index is 12.9. The van der Waals surface area contributed by atoms with Gasteiger partial charge < -0.3 is 41.4 Å². The van der Waals surface area contributed by atoms with E-state index in [1.54, 1.807) is 0 Å². The zero-order valence-electron chi connectivity index (χ0n) is 26.6. The summed E-state index contributed by atoms with van der Waals surface area (Å²) < 4.78 is 10.4. The molecule has 2 unspecified atom stereocenters. The van der Waals surface area contributed by atoms with E-state index in [2.05, 4.69) is 21.3 Å². The van der Waals surface area contributed by atoms with Crippen LogP contribution >= 0.6 is 0 Å². The molecule has 0 radical (unpaired) electrons.